The first kappa shape index (κ1) is 13.5. The number of carbonyl (C=O) groups is 2. The summed E-state index contributed by atoms with van der Waals surface area (Å²) in [6.07, 6.45) is 7.85. The van der Waals surface area contributed by atoms with Crippen LogP contribution < -0.4 is 0 Å². The second-order valence-electron chi connectivity index (χ2n) is 4.63. The third-order valence-corrected chi connectivity index (χ3v) is 3.32. The van der Waals surface area contributed by atoms with Crippen LogP contribution in [0.3, 0.4) is 0 Å². The lowest BCUT2D eigenvalue weighted by Crippen LogP contribution is -2.48. The summed E-state index contributed by atoms with van der Waals surface area (Å²) in [6, 6.07) is -0.664. The Labute approximate surface area is 111 Å². The number of likely N-dealkylation sites (tertiary alicyclic amines) is 1. The minimum Gasteiger partial charge on any atom is -0.480 e. The van der Waals surface area contributed by atoms with E-state index in [1.165, 1.54) is 4.90 Å². The molecule has 102 valence electrons. The van der Waals surface area contributed by atoms with Crippen molar-refractivity contribution in [3.63, 3.8) is 0 Å². The van der Waals surface area contributed by atoms with Crippen molar-refractivity contribution in [1.29, 1.82) is 0 Å². The van der Waals surface area contributed by atoms with E-state index in [4.69, 9.17) is 5.11 Å². The van der Waals surface area contributed by atoms with Gasteiger partial charge in [0.25, 0.3) is 0 Å². The second kappa shape index (κ2) is 6.26. The van der Waals surface area contributed by atoms with Crippen molar-refractivity contribution >= 4 is 11.9 Å². The van der Waals surface area contributed by atoms with Gasteiger partial charge in [0.15, 0.2) is 0 Å². The van der Waals surface area contributed by atoms with Gasteiger partial charge in [-0.25, -0.2) is 4.79 Å². The Morgan fingerprint density at radius 1 is 1.37 bits per heavy atom. The number of aliphatic carboxylic acids is 1. The summed E-state index contributed by atoms with van der Waals surface area (Å²) < 4.78 is 0. The van der Waals surface area contributed by atoms with Crippen LogP contribution in [-0.2, 0) is 16.0 Å². The molecule has 1 aromatic rings. The van der Waals surface area contributed by atoms with Gasteiger partial charge in [0.1, 0.15) is 6.04 Å². The Morgan fingerprint density at radius 2 is 2.21 bits per heavy atom. The molecule has 1 aromatic heterocycles. The fourth-order valence-corrected chi connectivity index (χ4v) is 2.32. The van der Waals surface area contributed by atoms with Gasteiger partial charge in [0.05, 0.1) is 5.69 Å². The van der Waals surface area contributed by atoms with E-state index in [0.717, 1.165) is 18.5 Å². The molecule has 1 amide bonds. The molecule has 1 atom stereocenters. The molecular formula is C13H17N3O3. The number of nitrogens with zero attached hydrogens (tertiary/aromatic N) is 3. The predicted molar refractivity (Wildman–Crippen MR) is 67.3 cm³/mol. The molecule has 6 heteroatoms. The van der Waals surface area contributed by atoms with Crippen LogP contribution in [-0.4, -0.2) is 44.4 Å². The first-order chi connectivity index (χ1) is 9.18. The number of aryl methyl sites for hydroxylation is 1. The highest BCUT2D eigenvalue weighted by atomic mass is 16.4. The molecule has 0 bridgehead atoms. The molecule has 0 spiro atoms. The van der Waals surface area contributed by atoms with Gasteiger partial charge in [0.2, 0.25) is 5.91 Å². The second-order valence-corrected chi connectivity index (χ2v) is 4.63. The third-order valence-electron chi connectivity index (χ3n) is 3.32. The molecule has 0 unspecified atom stereocenters. The Kier molecular flexibility index (Phi) is 4.43. The van der Waals surface area contributed by atoms with Gasteiger partial charge in [0, 0.05) is 31.6 Å². The number of amides is 1. The molecule has 0 saturated carbocycles. The van der Waals surface area contributed by atoms with Crippen molar-refractivity contribution in [2.75, 3.05) is 6.54 Å². The van der Waals surface area contributed by atoms with Crippen LogP contribution in [0.25, 0.3) is 0 Å². The van der Waals surface area contributed by atoms with E-state index < -0.39 is 12.0 Å². The zero-order valence-electron chi connectivity index (χ0n) is 10.7. The van der Waals surface area contributed by atoms with E-state index >= 15 is 0 Å². The smallest absolute Gasteiger partial charge is 0.326 e. The third kappa shape index (κ3) is 3.49. The molecule has 1 aliphatic heterocycles. The van der Waals surface area contributed by atoms with E-state index in [2.05, 4.69) is 9.97 Å². The topological polar surface area (TPSA) is 83.4 Å². The molecule has 1 saturated heterocycles. The molecule has 1 N–H and O–H groups in total. The number of hydrogen-bond acceptors (Lipinski definition) is 4. The lowest BCUT2D eigenvalue weighted by Gasteiger charge is -2.33. The maximum atomic E-state index is 12.1. The molecular weight excluding hydrogens is 246 g/mol. The summed E-state index contributed by atoms with van der Waals surface area (Å²) in [5.41, 5.74) is 0.750. The number of rotatable bonds is 4. The molecule has 2 rings (SSSR count). The van der Waals surface area contributed by atoms with E-state index in [1.54, 1.807) is 18.6 Å². The lowest BCUT2D eigenvalue weighted by molar-refractivity contribution is -0.152. The first-order valence-electron chi connectivity index (χ1n) is 6.45. The van der Waals surface area contributed by atoms with E-state index in [1.807, 2.05) is 0 Å². The summed E-state index contributed by atoms with van der Waals surface area (Å²) in [5, 5.41) is 9.13. The molecule has 0 aliphatic carbocycles. The van der Waals surface area contributed by atoms with Crippen molar-refractivity contribution < 1.29 is 14.7 Å². The monoisotopic (exact) mass is 263 g/mol. The van der Waals surface area contributed by atoms with Crippen LogP contribution in [0, 0.1) is 0 Å². The number of carboxylic acids is 1. The Balaban J connectivity index is 1.93. The summed E-state index contributed by atoms with van der Waals surface area (Å²) in [4.78, 5) is 32.8. The molecule has 0 radical (unpaired) electrons. The summed E-state index contributed by atoms with van der Waals surface area (Å²) in [7, 11) is 0. The summed E-state index contributed by atoms with van der Waals surface area (Å²) in [5.74, 6) is -1.02. The van der Waals surface area contributed by atoms with Gasteiger partial charge in [-0.1, -0.05) is 0 Å². The molecule has 1 aliphatic rings. The van der Waals surface area contributed by atoms with Gasteiger partial charge >= 0.3 is 5.97 Å². The van der Waals surface area contributed by atoms with Crippen molar-refractivity contribution in [3.05, 3.63) is 24.3 Å². The fourth-order valence-electron chi connectivity index (χ4n) is 2.32. The van der Waals surface area contributed by atoms with Crippen LogP contribution in [0.15, 0.2) is 18.6 Å². The number of aromatic nitrogens is 2. The average molecular weight is 263 g/mol. The van der Waals surface area contributed by atoms with E-state index in [9.17, 15) is 9.59 Å². The maximum Gasteiger partial charge on any atom is 0.326 e. The summed E-state index contributed by atoms with van der Waals surface area (Å²) >= 11 is 0. The maximum absolute atomic E-state index is 12.1. The van der Waals surface area contributed by atoms with Crippen LogP contribution in [0.2, 0.25) is 0 Å². The SMILES string of the molecule is O=C(O)[C@@H]1CCCCN1C(=O)CCc1cnccn1. The van der Waals surface area contributed by atoms with Crippen LogP contribution >= 0.6 is 0 Å². The fraction of sp³-hybridized carbons (Fsp3) is 0.538. The number of piperidine rings is 1. The number of carboxylic acid groups (broad SMARTS) is 1. The van der Waals surface area contributed by atoms with Gasteiger partial charge < -0.3 is 10.0 Å². The first-order valence-corrected chi connectivity index (χ1v) is 6.45. The summed E-state index contributed by atoms with van der Waals surface area (Å²) in [6.45, 7) is 0.538. The minimum atomic E-state index is -0.910. The van der Waals surface area contributed by atoms with Crippen LogP contribution in [0.5, 0.6) is 0 Å². The van der Waals surface area contributed by atoms with Crippen molar-refractivity contribution in [2.45, 2.75) is 38.1 Å². The van der Waals surface area contributed by atoms with Gasteiger partial charge in [-0.15, -0.1) is 0 Å². The minimum absolute atomic E-state index is 0.113. The van der Waals surface area contributed by atoms with Gasteiger partial charge in [-0.05, 0) is 25.7 Å². The Morgan fingerprint density at radius 3 is 2.89 bits per heavy atom. The van der Waals surface area contributed by atoms with E-state index in [0.29, 0.717) is 19.4 Å². The Bertz CT molecular complexity index is 450. The average Bonchev–Trinajstić information content (AvgIpc) is 2.46. The predicted octanol–water partition coefficient (Wildman–Crippen LogP) is 0.875. The quantitative estimate of drug-likeness (QED) is 0.871. The lowest BCUT2D eigenvalue weighted by atomic mass is 10.0. The Hall–Kier alpha value is -1.98. The van der Waals surface area contributed by atoms with Gasteiger partial charge in [-0.2, -0.15) is 0 Å². The molecule has 19 heavy (non-hydrogen) atoms. The van der Waals surface area contributed by atoms with Crippen LogP contribution in [0.1, 0.15) is 31.4 Å². The van der Waals surface area contributed by atoms with Crippen molar-refractivity contribution in [2.24, 2.45) is 0 Å². The highest BCUT2D eigenvalue weighted by Crippen LogP contribution is 2.18. The zero-order chi connectivity index (χ0) is 13.7. The van der Waals surface area contributed by atoms with Crippen molar-refractivity contribution in [1.82, 2.24) is 14.9 Å². The normalized spacial score (nSPS) is 19.2. The van der Waals surface area contributed by atoms with Crippen LogP contribution in [0.4, 0.5) is 0 Å². The number of hydrogen-bond donors (Lipinski definition) is 1. The molecule has 2 heterocycles. The van der Waals surface area contributed by atoms with Gasteiger partial charge in [-0.3, -0.25) is 14.8 Å². The van der Waals surface area contributed by atoms with Crippen molar-refractivity contribution in [3.8, 4) is 0 Å². The molecule has 1 fully saturated rings. The molecule has 0 aromatic carbocycles. The largest absolute Gasteiger partial charge is 0.480 e. The standard InChI is InChI=1S/C13H17N3O3/c17-12(5-4-10-9-14-6-7-15-10)16-8-2-1-3-11(16)13(18)19/h6-7,9,11H,1-5,8H2,(H,18,19)/t11-/m0/s1. The number of carbonyl (C=O) groups excluding carboxylic acids is 1. The zero-order valence-corrected chi connectivity index (χ0v) is 10.7. The van der Waals surface area contributed by atoms with E-state index in [-0.39, 0.29) is 12.3 Å². The highest BCUT2D eigenvalue weighted by molar-refractivity contribution is 5.83. The highest BCUT2D eigenvalue weighted by Gasteiger charge is 2.31. The molecule has 6 nitrogen and oxygen atoms in total.